The quantitative estimate of drug-likeness (QED) is 0.0789. The van der Waals surface area contributed by atoms with Crippen LogP contribution in [-0.4, -0.2) is 109 Å². The van der Waals surface area contributed by atoms with Gasteiger partial charge in [-0.25, -0.2) is 27.5 Å². The molecule has 3 aliphatic carbocycles. The summed E-state index contributed by atoms with van der Waals surface area (Å²) in [7, 11) is -1.78. The van der Waals surface area contributed by atoms with Gasteiger partial charge in [0.25, 0.3) is 21.8 Å². The van der Waals surface area contributed by atoms with Crippen molar-refractivity contribution in [2.75, 3.05) is 58.5 Å². The zero-order valence-electron chi connectivity index (χ0n) is 45.9. The molecule has 1 unspecified atom stereocenters. The third kappa shape index (κ3) is 11.1. The fourth-order valence-electron chi connectivity index (χ4n) is 12.8. The fraction of sp³-hybridized carbons (Fsp3) is 0.435. The van der Waals surface area contributed by atoms with Gasteiger partial charge in [-0.3, -0.25) is 14.6 Å². The number of piperidine rings is 1. The van der Waals surface area contributed by atoms with Crippen molar-refractivity contribution in [2.45, 2.75) is 114 Å². The average Bonchev–Trinajstić information content (AvgIpc) is 4.11. The molecule has 4 heterocycles. The monoisotopic (exact) mass is 1090 g/mol. The topological polar surface area (TPSA) is 172 Å². The molecule has 79 heavy (non-hydrogen) atoms. The molecule has 1 amide bonds. The summed E-state index contributed by atoms with van der Waals surface area (Å²) >= 11 is 0. The number of ether oxygens (including phenoxy) is 4. The number of methoxy groups -OCH3 is 2. The van der Waals surface area contributed by atoms with Crippen molar-refractivity contribution in [3.63, 3.8) is 0 Å². The number of H-pyrrole nitrogens is 1. The van der Waals surface area contributed by atoms with E-state index < -0.39 is 27.4 Å². The van der Waals surface area contributed by atoms with Gasteiger partial charge in [-0.05, 0) is 122 Å². The second kappa shape index (κ2) is 22.0. The summed E-state index contributed by atoms with van der Waals surface area (Å²) in [4.78, 5) is 33.8. The number of pyridine rings is 1. The molecule has 17 heteroatoms. The summed E-state index contributed by atoms with van der Waals surface area (Å²) in [5, 5.41) is 10.5. The highest BCUT2D eigenvalue weighted by Crippen LogP contribution is 2.54. The van der Waals surface area contributed by atoms with E-state index in [2.05, 4.69) is 103 Å². The Morgan fingerprint density at radius 3 is 2.43 bits per heavy atom. The number of hydrogen-bond donors (Lipinski definition) is 3. The maximum atomic E-state index is 15.1. The maximum Gasteiger partial charge on any atom is 0.268 e. The van der Waals surface area contributed by atoms with Gasteiger partial charge in [-0.2, -0.15) is 0 Å². The lowest BCUT2D eigenvalue weighted by molar-refractivity contribution is -0.0628. The number of hydrogen-bond acceptors (Lipinski definition) is 13. The zero-order valence-corrected chi connectivity index (χ0v) is 46.7. The summed E-state index contributed by atoms with van der Waals surface area (Å²) in [5.74, 6) is -0.206. The van der Waals surface area contributed by atoms with E-state index in [1.165, 1.54) is 55.4 Å². The number of rotatable bonds is 17. The van der Waals surface area contributed by atoms with Gasteiger partial charge in [0, 0.05) is 81.2 Å². The largest absolute Gasteiger partial charge is 0.493 e. The van der Waals surface area contributed by atoms with Crippen LogP contribution in [0.15, 0.2) is 103 Å². The number of allylic oxidation sites excluding steroid dienone is 1. The summed E-state index contributed by atoms with van der Waals surface area (Å²) in [6.07, 6.45) is 12.1. The highest BCUT2D eigenvalue weighted by atomic mass is 32.2. The van der Waals surface area contributed by atoms with Crippen LogP contribution in [0.1, 0.15) is 128 Å². The van der Waals surface area contributed by atoms with Crippen LogP contribution in [0.5, 0.6) is 28.9 Å². The Balaban J connectivity index is 0.819. The van der Waals surface area contributed by atoms with Crippen molar-refractivity contribution in [3.8, 4) is 28.9 Å². The summed E-state index contributed by atoms with van der Waals surface area (Å²) in [6.45, 7) is 16.1. The number of imidazole rings is 1. The summed E-state index contributed by atoms with van der Waals surface area (Å²) in [5.41, 5.74) is 6.57. The van der Waals surface area contributed by atoms with E-state index in [1.807, 2.05) is 19.1 Å². The van der Waals surface area contributed by atoms with Crippen LogP contribution in [-0.2, 0) is 23.0 Å². The molecule has 4 aromatic carbocycles. The van der Waals surface area contributed by atoms with Crippen LogP contribution >= 0.6 is 0 Å². The standard InChI is InChI=1S/C62H72FN7O8S/c1-7-40-12-14-41(15-13-40)35-68-28-29-70(51(36-68)46-11-9-8-10-45(46)39(2)3)44-33-62(34-44)24-26-69(27-25-62)43-16-17-47(52(30-43)78-54-31-48-49(63)18-19-50(48)66-60(54)76-6)59(71)67-79(73,74)55-32-53(75-5)58(57-56(55)64-38-65-57)77-37-42-20-22-61(4,72)23-21-42/h7-18,30-32,38-39,42,44,51,72H,1,19-29,33-37H2,2-6H3,(H,64,65)(H,67,71)/t42-,51?,61-. The molecular weight excluding hydrogens is 1020 g/mol. The molecule has 2 saturated heterocycles. The Labute approximate surface area is 462 Å². The Bertz CT molecular complexity index is 3390. The fourth-order valence-corrected chi connectivity index (χ4v) is 13.9. The number of carbonyl (C=O) groups excluding carboxylic acids is 1. The molecule has 2 aliphatic heterocycles. The summed E-state index contributed by atoms with van der Waals surface area (Å²) in [6, 6.07) is 26.4. The second-order valence-electron chi connectivity index (χ2n) is 23.0. The van der Waals surface area contributed by atoms with Crippen molar-refractivity contribution >= 4 is 44.6 Å². The first-order chi connectivity index (χ1) is 38.0. The number of aliphatic hydroxyl groups is 1. The molecule has 2 aromatic heterocycles. The first kappa shape index (κ1) is 54.2. The van der Waals surface area contributed by atoms with Gasteiger partial charge in [-0.15, -0.1) is 0 Å². The van der Waals surface area contributed by atoms with Gasteiger partial charge < -0.3 is 33.9 Å². The zero-order chi connectivity index (χ0) is 55.2. The van der Waals surface area contributed by atoms with Crippen molar-refractivity contribution < 1.29 is 41.7 Å². The number of amides is 1. The SMILES string of the molecule is C=Cc1ccc(CN2CCN(C3CC4(CCN(c5ccc(C(=O)NS(=O)(=O)c6cc(OC)c(OC[C@H]7CC[C@](C)(O)CC7)c7[nH]cnc67)c(Oc6cc7c(nc6OC)CC=C7F)c5)CC4)C3)C(c3ccccc3C(C)C)C2)cc1. The first-order valence-electron chi connectivity index (χ1n) is 27.8. The summed E-state index contributed by atoms with van der Waals surface area (Å²) < 4.78 is 70.3. The smallest absolute Gasteiger partial charge is 0.268 e. The lowest BCUT2D eigenvalue weighted by Crippen LogP contribution is -2.60. The predicted octanol–water partition coefficient (Wildman–Crippen LogP) is 11.1. The average molecular weight is 1090 g/mol. The molecule has 0 radical (unpaired) electrons. The van der Waals surface area contributed by atoms with E-state index in [0.717, 1.165) is 89.0 Å². The minimum Gasteiger partial charge on any atom is -0.493 e. The number of nitrogens with zero attached hydrogens (tertiary/aromatic N) is 5. The molecule has 1 atom stereocenters. The highest BCUT2D eigenvalue weighted by molar-refractivity contribution is 7.90. The Kier molecular flexibility index (Phi) is 15.1. The van der Waals surface area contributed by atoms with Crippen LogP contribution in [0.25, 0.3) is 22.9 Å². The van der Waals surface area contributed by atoms with Crippen LogP contribution in [0.2, 0.25) is 0 Å². The number of anilines is 1. The lowest BCUT2D eigenvalue weighted by atomic mass is 9.59. The van der Waals surface area contributed by atoms with Gasteiger partial charge in [0.2, 0.25) is 0 Å². The normalized spacial score (nSPS) is 21.6. The Hall–Kier alpha value is -6.79. The number of aromatic nitrogens is 3. The molecule has 5 aliphatic rings. The van der Waals surface area contributed by atoms with Crippen LogP contribution in [0.3, 0.4) is 0 Å². The number of fused-ring (bicyclic) bond motifs is 2. The number of benzene rings is 4. The third-order valence-corrected chi connectivity index (χ3v) is 18.8. The van der Waals surface area contributed by atoms with E-state index >= 15 is 4.39 Å². The number of halogens is 1. The van der Waals surface area contributed by atoms with Crippen LogP contribution in [0, 0.1) is 11.3 Å². The van der Waals surface area contributed by atoms with E-state index in [1.54, 1.807) is 12.1 Å². The molecule has 2 saturated carbocycles. The van der Waals surface area contributed by atoms with Gasteiger partial charge in [0.1, 0.15) is 27.5 Å². The molecule has 15 nitrogen and oxygen atoms in total. The van der Waals surface area contributed by atoms with Crippen LogP contribution < -0.4 is 28.6 Å². The number of sulfonamides is 1. The minimum atomic E-state index is -4.63. The van der Waals surface area contributed by atoms with Crippen molar-refractivity contribution in [2.24, 2.45) is 11.3 Å². The van der Waals surface area contributed by atoms with Gasteiger partial charge in [-0.1, -0.05) is 75.0 Å². The Morgan fingerprint density at radius 1 is 0.949 bits per heavy atom. The number of carbonyl (C=O) groups is 1. The number of piperazine rings is 1. The highest BCUT2D eigenvalue weighted by Gasteiger charge is 2.50. The minimum absolute atomic E-state index is 0.0349. The molecule has 11 rings (SSSR count). The van der Waals surface area contributed by atoms with E-state index in [9.17, 15) is 18.3 Å². The van der Waals surface area contributed by atoms with Gasteiger partial charge >= 0.3 is 0 Å². The van der Waals surface area contributed by atoms with E-state index in [-0.39, 0.29) is 68.5 Å². The van der Waals surface area contributed by atoms with Crippen molar-refractivity contribution in [1.82, 2.24) is 29.5 Å². The molecule has 4 fully saturated rings. The van der Waals surface area contributed by atoms with Gasteiger partial charge in [0.15, 0.2) is 17.2 Å². The lowest BCUT2D eigenvalue weighted by Gasteiger charge is -2.58. The second-order valence-corrected chi connectivity index (χ2v) is 24.7. The molecule has 6 aromatic rings. The van der Waals surface area contributed by atoms with E-state index in [4.69, 9.17) is 18.9 Å². The first-order valence-corrected chi connectivity index (χ1v) is 29.3. The van der Waals surface area contributed by atoms with Crippen molar-refractivity contribution in [3.05, 3.63) is 137 Å². The van der Waals surface area contributed by atoms with Crippen molar-refractivity contribution in [1.29, 1.82) is 0 Å². The maximum absolute atomic E-state index is 15.1. The third-order valence-electron chi connectivity index (χ3n) is 17.5. The molecule has 416 valence electrons. The molecule has 3 N–H and O–H groups in total. The van der Waals surface area contributed by atoms with Crippen LogP contribution in [0.4, 0.5) is 10.1 Å². The predicted molar refractivity (Wildman–Crippen MR) is 304 cm³/mol. The number of nitrogens with one attached hydrogen (secondary N) is 2. The van der Waals surface area contributed by atoms with Gasteiger partial charge in [0.05, 0.1) is 44.0 Å². The molecule has 0 bridgehead atoms. The molecule has 1 spiro atoms. The Morgan fingerprint density at radius 2 is 1.71 bits per heavy atom. The molecular formula is C62H72FN7O8S. The number of aromatic amines is 1. The van der Waals surface area contributed by atoms with E-state index in [0.29, 0.717) is 48.4 Å².